The average Bonchev–Trinajstić information content (AvgIpc) is 2.60. The Bertz CT molecular complexity index is 623. The Morgan fingerprint density at radius 3 is 1.52 bits per heavy atom. The Kier molecular flexibility index (Phi) is 6.06. The molecule has 5 heteroatoms. The number of rotatable bonds is 6. The zero-order valence-electron chi connectivity index (χ0n) is 12.8. The van der Waals surface area contributed by atoms with Crippen molar-refractivity contribution < 1.29 is 19.1 Å². The molecule has 0 amide bonds. The largest absolute Gasteiger partial charge is 0.456 e. The second-order valence-electron chi connectivity index (χ2n) is 4.70. The Balaban J connectivity index is 1.88. The van der Waals surface area contributed by atoms with Gasteiger partial charge in [0.25, 0.3) is 0 Å². The van der Waals surface area contributed by atoms with Crippen LogP contribution in [0.1, 0.15) is 11.1 Å². The second kappa shape index (κ2) is 8.48. The van der Waals surface area contributed by atoms with Crippen LogP contribution < -0.4 is 0 Å². The van der Waals surface area contributed by atoms with E-state index in [-0.39, 0.29) is 18.9 Å². The predicted octanol–water partition coefficient (Wildman–Crippen LogP) is 2.54. The Hall–Kier alpha value is -2.95. The molecule has 0 aliphatic heterocycles. The van der Waals surface area contributed by atoms with Gasteiger partial charge < -0.3 is 9.47 Å². The molecule has 0 radical (unpaired) electrons. The van der Waals surface area contributed by atoms with E-state index in [0.717, 1.165) is 11.1 Å². The summed E-state index contributed by atoms with van der Waals surface area (Å²) >= 11 is 0. The van der Waals surface area contributed by atoms with Gasteiger partial charge in [0.05, 0.1) is 0 Å². The molecule has 0 aliphatic rings. The van der Waals surface area contributed by atoms with Gasteiger partial charge in [-0.05, 0) is 11.1 Å². The molecule has 0 saturated heterocycles. The highest BCUT2D eigenvalue weighted by Crippen LogP contribution is 2.04. The lowest BCUT2D eigenvalue weighted by molar-refractivity contribution is -0.142. The zero-order valence-corrected chi connectivity index (χ0v) is 12.8. The van der Waals surface area contributed by atoms with E-state index in [1.807, 2.05) is 60.7 Å². The summed E-state index contributed by atoms with van der Waals surface area (Å²) in [5, 5.41) is 0. The molecular formula is C18H17NO4. The summed E-state index contributed by atoms with van der Waals surface area (Å²) in [5.74, 6) is -1.59. The molecule has 0 spiro atoms. The smallest absolute Gasteiger partial charge is 0.364 e. The minimum Gasteiger partial charge on any atom is -0.456 e. The molecule has 2 aromatic carbocycles. The number of carbonyl (C=O) groups is 2. The molecule has 0 unspecified atom stereocenters. The van der Waals surface area contributed by atoms with E-state index in [4.69, 9.17) is 9.47 Å². The summed E-state index contributed by atoms with van der Waals surface area (Å²) in [4.78, 5) is 27.6. The fourth-order valence-electron chi connectivity index (χ4n) is 1.85. The van der Waals surface area contributed by atoms with Gasteiger partial charge in [0.2, 0.25) is 5.71 Å². The number of hydrogen-bond donors (Lipinski definition) is 0. The Labute approximate surface area is 134 Å². The minimum atomic E-state index is -0.797. The molecule has 0 aliphatic carbocycles. The number of nitrogens with zero attached hydrogens (tertiary/aromatic N) is 1. The van der Waals surface area contributed by atoms with Crippen molar-refractivity contribution in [3.8, 4) is 0 Å². The summed E-state index contributed by atoms with van der Waals surface area (Å²) in [6, 6.07) is 18.4. The number of hydrogen-bond acceptors (Lipinski definition) is 5. The highest BCUT2D eigenvalue weighted by atomic mass is 16.6. The van der Waals surface area contributed by atoms with Crippen LogP contribution in [0.25, 0.3) is 0 Å². The van der Waals surface area contributed by atoms with Gasteiger partial charge in [0.15, 0.2) is 0 Å². The third kappa shape index (κ3) is 5.07. The molecule has 5 nitrogen and oxygen atoms in total. The fraction of sp³-hybridized carbons (Fsp3) is 0.167. The average molecular weight is 311 g/mol. The first-order valence-electron chi connectivity index (χ1n) is 7.09. The molecule has 0 aromatic heterocycles. The van der Waals surface area contributed by atoms with Gasteiger partial charge in [-0.3, -0.25) is 4.99 Å². The number of carbonyl (C=O) groups excluding carboxylic acids is 2. The zero-order chi connectivity index (χ0) is 16.5. The quantitative estimate of drug-likeness (QED) is 0.467. The summed E-state index contributed by atoms with van der Waals surface area (Å²) in [7, 11) is 1.35. The van der Waals surface area contributed by atoms with Gasteiger partial charge in [-0.2, -0.15) is 0 Å². The maximum Gasteiger partial charge on any atom is 0.364 e. The van der Waals surface area contributed by atoms with Crippen molar-refractivity contribution in [2.75, 3.05) is 7.05 Å². The van der Waals surface area contributed by atoms with E-state index in [2.05, 4.69) is 4.99 Å². The normalized spacial score (nSPS) is 9.78. The predicted molar refractivity (Wildman–Crippen MR) is 85.8 cm³/mol. The molecule has 2 aromatic rings. The summed E-state index contributed by atoms with van der Waals surface area (Å²) in [6.45, 7) is 0.148. The Morgan fingerprint density at radius 1 is 0.783 bits per heavy atom. The van der Waals surface area contributed by atoms with E-state index in [1.54, 1.807) is 0 Å². The van der Waals surface area contributed by atoms with Crippen molar-refractivity contribution in [2.45, 2.75) is 13.2 Å². The first kappa shape index (κ1) is 16.4. The van der Waals surface area contributed by atoms with E-state index >= 15 is 0 Å². The van der Waals surface area contributed by atoms with E-state index in [1.165, 1.54) is 7.05 Å². The number of aliphatic imine (C=N–C) groups is 1. The van der Waals surface area contributed by atoms with E-state index < -0.39 is 11.9 Å². The lowest BCUT2D eigenvalue weighted by Crippen LogP contribution is -2.28. The molecule has 0 fully saturated rings. The highest BCUT2D eigenvalue weighted by Gasteiger charge is 2.23. The lowest BCUT2D eigenvalue weighted by atomic mass is 10.2. The third-order valence-electron chi connectivity index (χ3n) is 3.04. The van der Waals surface area contributed by atoms with Crippen molar-refractivity contribution in [2.24, 2.45) is 4.99 Å². The minimum absolute atomic E-state index is 0.0741. The van der Waals surface area contributed by atoms with Gasteiger partial charge in [0.1, 0.15) is 13.2 Å². The number of benzene rings is 2. The van der Waals surface area contributed by atoms with Gasteiger partial charge in [-0.25, -0.2) is 9.59 Å². The van der Waals surface area contributed by atoms with Gasteiger partial charge in [-0.1, -0.05) is 60.7 Å². The lowest BCUT2D eigenvalue weighted by Gasteiger charge is -2.08. The van der Waals surface area contributed by atoms with Crippen molar-refractivity contribution in [3.63, 3.8) is 0 Å². The van der Waals surface area contributed by atoms with Crippen LogP contribution in [0, 0.1) is 0 Å². The number of esters is 2. The summed E-state index contributed by atoms with van der Waals surface area (Å²) in [6.07, 6.45) is 0. The van der Waals surface area contributed by atoms with Crippen LogP contribution >= 0.6 is 0 Å². The first-order valence-corrected chi connectivity index (χ1v) is 7.09. The molecule has 0 bridgehead atoms. The molecule has 23 heavy (non-hydrogen) atoms. The van der Waals surface area contributed by atoms with Gasteiger partial charge >= 0.3 is 11.9 Å². The topological polar surface area (TPSA) is 65.0 Å². The van der Waals surface area contributed by atoms with Gasteiger partial charge in [0, 0.05) is 7.05 Å². The summed E-state index contributed by atoms with van der Waals surface area (Å²) in [5.41, 5.74) is 1.31. The molecule has 118 valence electrons. The van der Waals surface area contributed by atoms with Crippen LogP contribution in [0.4, 0.5) is 0 Å². The van der Waals surface area contributed by atoms with Crippen LogP contribution in [0.2, 0.25) is 0 Å². The van der Waals surface area contributed by atoms with Crippen LogP contribution in [0.3, 0.4) is 0 Å². The third-order valence-corrected chi connectivity index (χ3v) is 3.04. The number of ether oxygens (including phenoxy) is 2. The maximum absolute atomic E-state index is 11.9. The van der Waals surface area contributed by atoms with E-state index in [0.29, 0.717) is 0 Å². The Morgan fingerprint density at radius 2 is 1.17 bits per heavy atom. The van der Waals surface area contributed by atoms with Crippen LogP contribution in [0.15, 0.2) is 65.7 Å². The molecular weight excluding hydrogens is 294 g/mol. The summed E-state index contributed by atoms with van der Waals surface area (Å²) < 4.78 is 10.2. The van der Waals surface area contributed by atoms with Crippen molar-refractivity contribution in [1.29, 1.82) is 0 Å². The molecule has 0 saturated carbocycles. The second-order valence-corrected chi connectivity index (χ2v) is 4.70. The van der Waals surface area contributed by atoms with Crippen LogP contribution in [0.5, 0.6) is 0 Å². The van der Waals surface area contributed by atoms with Crippen molar-refractivity contribution in [1.82, 2.24) is 0 Å². The van der Waals surface area contributed by atoms with Crippen LogP contribution in [-0.2, 0) is 32.3 Å². The molecule has 0 heterocycles. The first-order chi connectivity index (χ1) is 11.2. The highest BCUT2D eigenvalue weighted by molar-refractivity contribution is 6.62. The SMILES string of the molecule is CN=C(C(=O)OCc1ccccc1)C(=O)OCc1ccccc1. The van der Waals surface area contributed by atoms with Gasteiger partial charge in [-0.15, -0.1) is 0 Å². The van der Waals surface area contributed by atoms with Crippen molar-refractivity contribution in [3.05, 3.63) is 71.8 Å². The standard InChI is InChI=1S/C18H17NO4/c1-19-16(17(20)22-12-14-8-4-2-5-9-14)18(21)23-13-15-10-6-3-7-11-15/h2-11H,12-13H2,1H3. The molecule has 0 N–H and O–H groups in total. The molecule has 2 rings (SSSR count). The fourth-order valence-corrected chi connectivity index (χ4v) is 1.85. The monoisotopic (exact) mass is 311 g/mol. The van der Waals surface area contributed by atoms with E-state index in [9.17, 15) is 9.59 Å². The maximum atomic E-state index is 11.9. The van der Waals surface area contributed by atoms with Crippen LogP contribution in [-0.4, -0.2) is 24.7 Å². The van der Waals surface area contributed by atoms with Crippen molar-refractivity contribution >= 4 is 17.7 Å². The molecule has 0 atom stereocenters.